The minimum Gasteiger partial charge on any atom is -0.374 e. The molecule has 15 heteroatoms. The van der Waals surface area contributed by atoms with Gasteiger partial charge < -0.3 is 18.5 Å². The Morgan fingerprint density at radius 2 is 1.94 bits per heavy atom. The molecule has 1 fully saturated rings. The van der Waals surface area contributed by atoms with Gasteiger partial charge in [-0.15, -0.1) is 0 Å². The average Bonchev–Trinajstić information content (AvgIpc) is 3.14. The third-order valence-corrected chi connectivity index (χ3v) is 9.06. The van der Waals surface area contributed by atoms with Crippen LogP contribution in [0.5, 0.6) is 0 Å². The van der Waals surface area contributed by atoms with Gasteiger partial charge >= 0.3 is 5.69 Å². The van der Waals surface area contributed by atoms with Gasteiger partial charge in [0, 0.05) is 31.5 Å². The smallest absolute Gasteiger partial charge is 0.330 e. The van der Waals surface area contributed by atoms with Gasteiger partial charge in [-0.25, -0.2) is 22.6 Å². The summed E-state index contributed by atoms with van der Waals surface area (Å²) in [6.45, 7) is 8.11. The minimum atomic E-state index is -3.55. The number of methoxy groups -OCH3 is 1. The number of nitrogens with zero attached hydrogens (tertiary/aromatic N) is 3. The summed E-state index contributed by atoms with van der Waals surface area (Å²) >= 11 is 0. The number of aromatic nitrogens is 2. The average molecular weight is 550 g/mol. The zero-order valence-electron chi connectivity index (χ0n) is 21.4. The van der Waals surface area contributed by atoms with Gasteiger partial charge in [-0.3, -0.25) is 14.3 Å². The van der Waals surface area contributed by atoms with Crippen molar-refractivity contribution < 1.29 is 26.9 Å². The second-order valence-electron chi connectivity index (χ2n) is 8.71. The number of nitriles is 1. The lowest BCUT2D eigenvalue weighted by Gasteiger charge is -2.38. The first-order valence-electron chi connectivity index (χ1n) is 11.6. The Balaban J connectivity index is 2.47. The van der Waals surface area contributed by atoms with Crippen LogP contribution in [0.15, 0.2) is 21.9 Å². The molecule has 0 radical (unpaired) electrons. The summed E-state index contributed by atoms with van der Waals surface area (Å²) in [6.07, 6.45) is -1.92. The highest BCUT2D eigenvalue weighted by Crippen LogP contribution is 2.50. The highest BCUT2D eigenvalue weighted by molar-refractivity contribution is 7.89. The third kappa shape index (κ3) is 7.90. The first-order valence-corrected chi connectivity index (χ1v) is 14.4. The fraction of sp³-hybridized carbons (Fsp3) is 0.762. The Bertz CT molecular complexity index is 1090. The normalized spacial score (nSPS) is 23.4. The van der Waals surface area contributed by atoms with Crippen molar-refractivity contribution in [1.82, 2.24) is 18.9 Å². The Labute approximate surface area is 212 Å². The minimum absolute atomic E-state index is 0.0299. The number of ether oxygens (including phenoxy) is 2. The lowest BCUT2D eigenvalue weighted by molar-refractivity contribution is -0.0538. The summed E-state index contributed by atoms with van der Waals surface area (Å²) < 4.78 is 54.1. The van der Waals surface area contributed by atoms with Crippen LogP contribution in [0.25, 0.3) is 0 Å². The monoisotopic (exact) mass is 549 g/mol. The van der Waals surface area contributed by atoms with Crippen molar-refractivity contribution in [2.45, 2.75) is 77.2 Å². The first kappa shape index (κ1) is 30.5. The number of nitrogens with one attached hydrogen (secondary N) is 2. The molecule has 1 aliphatic rings. The summed E-state index contributed by atoms with van der Waals surface area (Å²) in [5.74, 6) is -0.247. The van der Waals surface area contributed by atoms with E-state index in [1.807, 2.05) is 38.4 Å². The van der Waals surface area contributed by atoms with E-state index in [0.717, 1.165) is 0 Å². The standard InChI is InChI=1S/C21H36N5O8PS/c1-14(2)26(15(3)4)35(32-12-7-10-22)34-18-16(9-13-36(29,30)23-5)33-20(19(18)31-6)25-11-8-17(27)24-21(25)28/h8,11,14-16,18-20,23H,7,9,12-13H2,1-6H3,(H,24,27,28)/t16-,18-,19-,20-,35?/m1/s1. The second-order valence-corrected chi connectivity index (χ2v) is 12.2. The lowest BCUT2D eigenvalue weighted by Crippen LogP contribution is -2.41. The van der Waals surface area contributed by atoms with E-state index >= 15 is 0 Å². The molecule has 0 aromatic carbocycles. The second kappa shape index (κ2) is 13.7. The van der Waals surface area contributed by atoms with E-state index in [9.17, 15) is 18.0 Å². The van der Waals surface area contributed by atoms with E-state index in [4.69, 9.17) is 23.8 Å². The molecular weight excluding hydrogens is 513 g/mol. The van der Waals surface area contributed by atoms with Gasteiger partial charge in [-0.05, 0) is 41.2 Å². The molecule has 1 aromatic heterocycles. The largest absolute Gasteiger partial charge is 0.374 e. The Morgan fingerprint density at radius 3 is 2.47 bits per heavy atom. The van der Waals surface area contributed by atoms with Crippen molar-refractivity contribution in [2.75, 3.05) is 26.5 Å². The van der Waals surface area contributed by atoms with Crippen molar-refractivity contribution in [3.05, 3.63) is 33.1 Å². The maximum atomic E-state index is 12.5. The fourth-order valence-corrected chi connectivity index (χ4v) is 6.46. The summed E-state index contributed by atoms with van der Waals surface area (Å²) in [7, 11) is -2.51. The number of rotatable bonds is 14. The van der Waals surface area contributed by atoms with Gasteiger partial charge in [0.1, 0.15) is 12.2 Å². The number of hydrogen-bond acceptors (Lipinski definition) is 10. The summed E-state index contributed by atoms with van der Waals surface area (Å²) in [4.78, 5) is 26.3. The molecule has 2 heterocycles. The molecule has 1 aromatic rings. The predicted molar refractivity (Wildman–Crippen MR) is 134 cm³/mol. The maximum Gasteiger partial charge on any atom is 0.330 e. The van der Waals surface area contributed by atoms with Crippen LogP contribution < -0.4 is 16.0 Å². The Kier molecular flexibility index (Phi) is 11.7. The molecule has 0 saturated carbocycles. The molecule has 5 atom stereocenters. The van der Waals surface area contributed by atoms with Crippen LogP contribution in [0.1, 0.15) is 46.8 Å². The van der Waals surface area contributed by atoms with Gasteiger partial charge in [-0.1, -0.05) is 0 Å². The molecule has 0 bridgehead atoms. The van der Waals surface area contributed by atoms with Crippen LogP contribution in [0, 0.1) is 11.3 Å². The van der Waals surface area contributed by atoms with Crippen molar-refractivity contribution in [3.8, 4) is 6.07 Å². The Hall–Kier alpha value is -1.69. The van der Waals surface area contributed by atoms with Crippen LogP contribution in [0.3, 0.4) is 0 Å². The van der Waals surface area contributed by atoms with Gasteiger partial charge in [0.25, 0.3) is 14.1 Å². The lowest BCUT2D eigenvalue weighted by atomic mass is 10.1. The maximum absolute atomic E-state index is 12.5. The molecule has 204 valence electrons. The first-order chi connectivity index (χ1) is 16.9. The van der Waals surface area contributed by atoms with E-state index in [1.54, 1.807) is 0 Å². The highest BCUT2D eigenvalue weighted by atomic mass is 32.2. The number of H-pyrrole nitrogens is 1. The summed E-state index contributed by atoms with van der Waals surface area (Å²) in [5.41, 5.74) is -1.26. The highest BCUT2D eigenvalue weighted by Gasteiger charge is 2.49. The van der Waals surface area contributed by atoms with Crippen LogP contribution in [-0.2, 0) is 28.5 Å². The van der Waals surface area contributed by atoms with Gasteiger partial charge in [-0.2, -0.15) is 5.26 Å². The van der Waals surface area contributed by atoms with E-state index in [1.165, 1.54) is 31.0 Å². The molecule has 0 aliphatic carbocycles. The molecule has 1 unspecified atom stereocenters. The van der Waals surface area contributed by atoms with E-state index < -0.39 is 54.3 Å². The molecule has 1 aliphatic heterocycles. The van der Waals surface area contributed by atoms with E-state index in [-0.39, 0.29) is 37.3 Å². The molecule has 0 amide bonds. The van der Waals surface area contributed by atoms with E-state index in [2.05, 4.69) is 9.71 Å². The van der Waals surface area contributed by atoms with E-state index in [0.29, 0.717) is 0 Å². The third-order valence-electron chi connectivity index (χ3n) is 5.54. The molecule has 1 saturated heterocycles. The van der Waals surface area contributed by atoms with Crippen LogP contribution in [0.2, 0.25) is 0 Å². The molecule has 2 N–H and O–H groups in total. The van der Waals surface area contributed by atoms with Crippen molar-refractivity contribution in [3.63, 3.8) is 0 Å². The molecule has 36 heavy (non-hydrogen) atoms. The van der Waals surface area contributed by atoms with Crippen molar-refractivity contribution >= 4 is 18.5 Å². The van der Waals surface area contributed by atoms with Gasteiger partial charge in [0.15, 0.2) is 6.23 Å². The van der Waals surface area contributed by atoms with Gasteiger partial charge in [0.05, 0.1) is 31.0 Å². The summed E-state index contributed by atoms with van der Waals surface area (Å²) in [5, 5.41) is 8.98. The zero-order valence-corrected chi connectivity index (χ0v) is 23.1. The molecule has 0 spiro atoms. The van der Waals surface area contributed by atoms with Crippen LogP contribution >= 0.6 is 8.53 Å². The van der Waals surface area contributed by atoms with Crippen LogP contribution in [-0.4, -0.2) is 79.6 Å². The molecule has 13 nitrogen and oxygen atoms in total. The van der Waals surface area contributed by atoms with Gasteiger partial charge in [0.2, 0.25) is 10.0 Å². The topological polar surface area (TPSA) is 165 Å². The predicted octanol–water partition coefficient (Wildman–Crippen LogP) is 1.05. The van der Waals surface area contributed by atoms with Crippen molar-refractivity contribution in [1.29, 1.82) is 5.26 Å². The molecular formula is C21H36N5O8PS. The quantitative estimate of drug-likeness (QED) is 0.253. The number of sulfonamides is 1. The Morgan fingerprint density at radius 1 is 1.28 bits per heavy atom. The van der Waals surface area contributed by atoms with Crippen molar-refractivity contribution in [2.24, 2.45) is 0 Å². The number of hydrogen-bond donors (Lipinski definition) is 2. The molecule has 2 rings (SSSR count). The fourth-order valence-electron chi connectivity index (χ4n) is 3.94. The van der Waals surface area contributed by atoms with Crippen LogP contribution in [0.4, 0.5) is 0 Å². The summed E-state index contributed by atoms with van der Waals surface area (Å²) in [6, 6.07) is 3.29. The zero-order chi connectivity index (χ0) is 27.0. The number of aromatic amines is 1. The SMILES string of the molecule is CNS(=O)(=O)CC[C@H]1O[C@@H](n2ccc(=O)[nH]c2=O)[C@H](OC)[C@@H]1OP(OCCC#N)N(C(C)C)C(C)C.